The molecule has 2 N–H and O–H groups in total. The number of hydrogen-bond acceptors (Lipinski definition) is 13. The van der Waals surface area contributed by atoms with E-state index in [2.05, 4.69) is 0 Å². The van der Waals surface area contributed by atoms with E-state index >= 15 is 0 Å². The summed E-state index contributed by atoms with van der Waals surface area (Å²) in [6.07, 6.45) is 12.6. The molecule has 4 aliphatic rings. The number of carbonyl (C=O) groups excluding carboxylic acids is 5. The maximum Gasteiger partial charge on any atom is 0.329 e. The molecule has 372 valence electrons. The topological polar surface area (TPSA) is 184 Å². The molecule has 3 fully saturated rings. The van der Waals surface area contributed by atoms with Gasteiger partial charge in [0, 0.05) is 65.6 Å². The second-order valence-corrected chi connectivity index (χ2v) is 19.8. The largest absolute Gasteiger partial charge is 0.460 e. The van der Waals surface area contributed by atoms with Gasteiger partial charge in [-0.1, -0.05) is 71.1 Å². The number of amides is 1. The quantitative estimate of drug-likeness (QED) is 0.154. The molecule has 66 heavy (non-hydrogen) atoms. The lowest BCUT2D eigenvalue weighted by molar-refractivity contribution is -0.265. The van der Waals surface area contributed by atoms with Gasteiger partial charge in [0.2, 0.25) is 5.79 Å². The summed E-state index contributed by atoms with van der Waals surface area (Å²) >= 11 is 0. The summed E-state index contributed by atoms with van der Waals surface area (Å²) in [6.45, 7) is 13.1. The second kappa shape index (κ2) is 25.8. The molecule has 0 aromatic carbocycles. The highest BCUT2D eigenvalue weighted by atomic mass is 16.6. The molecule has 15 atom stereocenters. The fraction of sp³-hybridized carbons (Fsp3) is 0.750. The number of ketones is 3. The first-order valence-corrected chi connectivity index (χ1v) is 24.3. The zero-order chi connectivity index (χ0) is 48.9. The van der Waals surface area contributed by atoms with Crippen molar-refractivity contribution in [2.75, 3.05) is 35.0 Å². The number of ether oxygens (including phenoxy) is 6. The number of hydrogen-bond donors (Lipinski definition) is 2. The average Bonchev–Trinajstić information content (AvgIpc) is 3.29. The van der Waals surface area contributed by atoms with Crippen LogP contribution in [0.5, 0.6) is 0 Å². The first-order chi connectivity index (χ1) is 31.3. The van der Waals surface area contributed by atoms with Crippen LogP contribution >= 0.6 is 0 Å². The van der Waals surface area contributed by atoms with Gasteiger partial charge in [0.15, 0.2) is 5.78 Å². The third kappa shape index (κ3) is 14.3. The van der Waals surface area contributed by atoms with Crippen molar-refractivity contribution in [3.8, 4) is 0 Å². The molecule has 3 aliphatic heterocycles. The number of nitrogens with zero attached hydrogens (tertiary/aromatic N) is 1. The van der Waals surface area contributed by atoms with Gasteiger partial charge < -0.3 is 43.5 Å². The second-order valence-electron chi connectivity index (χ2n) is 19.8. The number of piperidine rings is 1. The van der Waals surface area contributed by atoms with Gasteiger partial charge in [-0.2, -0.15) is 0 Å². The van der Waals surface area contributed by atoms with E-state index in [0.29, 0.717) is 63.4 Å². The van der Waals surface area contributed by atoms with E-state index in [4.69, 9.17) is 28.4 Å². The number of aliphatic hydroxyl groups excluding tert-OH is 1. The molecule has 0 aromatic rings. The Morgan fingerprint density at radius 2 is 1.53 bits per heavy atom. The van der Waals surface area contributed by atoms with Crippen LogP contribution in [0.1, 0.15) is 126 Å². The molecule has 2 saturated heterocycles. The highest BCUT2D eigenvalue weighted by molar-refractivity contribution is 6.39. The molecule has 0 spiro atoms. The Labute approximate surface area is 393 Å². The summed E-state index contributed by atoms with van der Waals surface area (Å²) < 4.78 is 35.5. The third-order valence-corrected chi connectivity index (χ3v) is 14.7. The molecule has 2 bridgehead atoms. The van der Waals surface area contributed by atoms with Crippen molar-refractivity contribution >= 4 is 29.2 Å². The van der Waals surface area contributed by atoms with Crippen LogP contribution in [-0.4, -0.2) is 134 Å². The summed E-state index contributed by atoms with van der Waals surface area (Å²) in [5.41, 5.74) is 1.54. The first-order valence-electron chi connectivity index (χ1n) is 24.3. The van der Waals surface area contributed by atoms with E-state index in [1.165, 1.54) is 19.1 Å². The van der Waals surface area contributed by atoms with Crippen LogP contribution < -0.4 is 0 Å². The molecule has 1 aliphatic carbocycles. The van der Waals surface area contributed by atoms with Crippen molar-refractivity contribution in [1.29, 1.82) is 0 Å². The van der Waals surface area contributed by atoms with Crippen LogP contribution in [-0.2, 0) is 52.4 Å². The first kappa shape index (κ1) is 55.2. The molecular formula is C52H81NO13. The molecule has 1 amide bonds. The van der Waals surface area contributed by atoms with Crippen LogP contribution in [0, 0.1) is 35.5 Å². The monoisotopic (exact) mass is 928 g/mol. The van der Waals surface area contributed by atoms with Crippen molar-refractivity contribution in [3.05, 3.63) is 47.6 Å². The number of methoxy groups -OCH3 is 4. The minimum absolute atomic E-state index is 0.0599. The van der Waals surface area contributed by atoms with Gasteiger partial charge in [-0.25, -0.2) is 4.79 Å². The van der Waals surface area contributed by atoms with E-state index in [1.807, 2.05) is 58.1 Å². The van der Waals surface area contributed by atoms with E-state index in [0.717, 1.165) is 12.0 Å². The highest BCUT2D eigenvalue weighted by Crippen LogP contribution is 2.38. The molecule has 4 rings (SSSR count). The number of aliphatic hydroxyl groups is 2. The lowest BCUT2D eigenvalue weighted by Crippen LogP contribution is -2.61. The lowest BCUT2D eigenvalue weighted by atomic mass is 9.78. The molecule has 14 nitrogen and oxygen atoms in total. The van der Waals surface area contributed by atoms with Crippen molar-refractivity contribution in [2.45, 2.75) is 180 Å². The number of allylic oxidation sites excluding steroid dienone is 6. The molecule has 1 saturated carbocycles. The van der Waals surface area contributed by atoms with Crippen molar-refractivity contribution in [2.24, 2.45) is 35.5 Å². The van der Waals surface area contributed by atoms with Gasteiger partial charge in [-0.05, 0) is 107 Å². The highest BCUT2D eigenvalue weighted by Gasteiger charge is 2.53. The Morgan fingerprint density at radius 1 is 0.818 bits per heavy atom. The Kier molecular flexibility index (Phi) is 21.6. The number of cyclic esters (lactones) is 1. The third-order valence-electron chi connectivity index (χ3n) is 14.7. The maximum absolute atomic E-state index is 14.4. The van der Waals surface area contributed by atoms with E-state index in [-0.39, 0.29) is 60.7 Å². The minimum Gasteiger partial charge on any atom is -0.460 e. The van der Waals surface area contributed by atoms with Gasteiger partial charge >= 0.3 is 5.97 Å². The predicted octanol–water partition coefficient (Wildman–Crippen LogP) is 6.83. The fourth-order valence-corrected chi connectivity index (χ4v) is 10.4. The van der Waals surface area contributed by atoms with E-state index in [1.54, 1.807) is 41.1 Å². The number of esters is 1. The molecule has 3 heterocycles. The van der Waals surface area contributed by atoms with E-state index < -0.39 is 77.9 Å². The van der Waals surface area contributed by atoms with Crippen molar-refractivity contribution in [1.82, 2.24) is 4.90 Å². The van der Waals surface area contributed by atoms with E-state index in [9.17, 15) is 34.2 Å². The van der Waals surface area contributed by atoms with Gasteiger partial charge in [-0.3, -0.25) is 19.2 Å². The Morgan fingerprint density at radius 3 is 2.20 bits per heavy atom. The molecule has 14 heteroatoms. The minimum atomic E-state index is -2.42. The summed E-state index contributed by atoms with van der Waals surface area (Å²) in [5, 5.41) is 22.5. The number of rotatable bonds is 7. The van der Waals surface area contributed by atoms with Crippen LogP contribution in [0.3, 0.4) is 0 Å². The number of carbonyl (C=O) groups is 5. The zero-order valence-electron chi connectivity index (χ0n) is 41.6. The Balaban J connectivity index is 1.72. The molecule has 0 radical (unpaired) electrons. The fourth-order valence-electron chi connectivity index (χ4n) is 10.4. The Bertz CT molecular complexity index is 1770. The normalized spacial score (nSPS) is 40.0. The SMILES string of the molecule is COC1CC2CCC(C)C(O)(O2)C(=O)C(=O)N2CCCCC2C(=O)OC(C(C)CC2CCC(O)C(OC)C2)CC(=O)C(C)/C=C(\C)C(OC)C(OC)C(=O)C(C)CC(C)/C=C/C=C/C=C/1C. The molecular weight excluding hydrogens is 847 g/mol. The van der Waals surface area contributed by atoms with Crippen LogP contribution in [0.4, 0.5) is 0 Å². The summed E-state index contributed by atoms with van der Waals surface area (Å²) in [4.78, 5) is 72.3. The summed E-state index contributed by atoms with van der Waals surface area (Å²) in [6, 6.07) is -1.12. The van der Waals surface area contributed by atoms with Crippen molar-refractivity contribution in [3.63, 3.8) is 0 Å². The van der Waals surface area contributed by atoms with Crippen LogP contribution in [0.15, 0.2) is 47.6 Å². The van der Waals surface area contributed by atoms with Gasteiger partial charge in [-0.15, -0.1) is 0 Å². The molecule has 15 unspecified atom stereocenters. The van der Waals surface area contributed by atoms with Gasteiger partial charge in [0.25, 0.3) is 11.7 Å². The van der Waals surface area contributed by atoms with Gasteiger partial charge in [0.05, 0.1) is 24.4 Å². The molecule has 0 aromatic heterocycles. The van der Waals surface area contributed by atoms with Crippen LogP contribution in [0.2, 0.25) is 0 Å². The summed E-state index contributed by atoms with van der Waals surface area (Å²) in [7, 11) is 6.15. The summed E-state index contributed by atoms with van der Waals surface area (Å²) in [5.74, 6) is -7.45. The zero-order valence-corrected chi connectivity index (χ0v) is 41.6. The van der Waals surface area contributed by atoms with Gasteiger partial charge in [0.1, 0.15) is 30.1 Å². The number of fused-ring (bicyclic) bond motifs is 3. The Hall–Kier alpha value is -3.37. The number of Topliss-reactive ketones (excluding diaryl/α,β-unsaturated/α-hetero) is 3. The van der Waals surface area contributed by atoms with Crippen LogP contribution in [0.25, 0.3) is 0 Å². The average molecular weight is 928 g/mol. The smallest absolute Gasteiger partial charge is 0.329 e. The standard InChI is InChI=1S/C52H81NO13/c1-31-17-13-12-14-18-32(2)43(61-8)29-39-22-20-37(7)52(60,66-39)49(57)50(58)53-24-16-15-19-40(53)51(59)65-44(34(4)27-38-21-23-41(54)45(28-38)62-9)30-42(55)33(3)26-36(6)47(63-10)48(64-11)46(56)35(5)25-31/h12-14,17-18,26,31,33-35,37-41,43-45,47-48,54,60H,15-16,19-25,27-30H2,1-11H3/b14-12+,17-13+,32-18+,36-26+. The maximum atomic E-state index is 14.4. The predicted molar refractivity (Wildman–Crippen MR) is 250 cm³/mol. The lowest BCUT2D eigenvalue weighted by Gasteiger charge is -2.42. The van der Waals surface area contributed by atoms with Crippen molar-refractivity contribution < 1.29 is 62.6 Å².